The van der Waals surface area contributed by atoms with Gasteiger partial charge in [-0.05, 0) is 37.1 Å². The van der Waals surface area contributed by atoms with Crippen LogP contribution in [0.5, 0.6) is 0 Å². The maximum absolute atomic E-state index is 12.0. The monoisotopic (exact) mass is 226 g/mol. The first-order valence-electron chi connectivity index (χ1n) is 6.52. The van der Waals surface area contributed by atoms with E-state index >= 15 is 0 Å². The lowest BCUT2D eigenvalue weighted by Crippen LogP contribution is -2.45. The van der Waals surface area contributed by atoms with Gasteiger partial charge in [-0.15, -0.1) is 0 Å². The van der Waals surface area contributed by atoms with Crippen molar-refractivity contribution in [1.29, 1.82) is 0 Å². The van der Waals surface area contributed by atoms with Gasteiger partial charge in [-0.1, -0.05) is 20.8 Å². The van der Waals surface area contributed by atoms with Crippen molar-refractivity contribution in [3.05, 3.63) is 0 Å². The second kappa shape index (κ2) is 6.24. The van der Waals surface area contributed by atoms with E-state index in [1.165, 1.54) is 0 Å². The molecular weight excluding hydrogens is 200 g/mol. The molecule has 1 aliphatic heterocycles. The van der Waals surface area contributed by atoms with Gasteiger partial charge < -0.3 is 10.6 Å². The van der Waals surface area contributed by atoms with Crippen molar-refractivity contribution in [2.75, 3.05) is 19.6 Å². The third kappa shape index (κ3) is 3.78. The molecule has 94 valence electrons. The van der Waals surface area contributed by atoms with Gasteiger partial charge in [0.25, 0.3) is 0 Å². The lowest BCUT2D eigenvalue weighted by Gasteiger charge is -2.36. The predicted octanol–water partition coefficient (Wildman–Crippen LogP) is 1.87. The Kier molecular flexibility index (Phi) is 5.26. The Balaban J connectivity index is 2.39. The Morgan fingerprint density at radius 1 is 1.50 bits per heavy atom. The van der Waals surface area contributed by atoms with Gasteiger partial charge in [0, 0.05) is 19.5 Å². The number of rotatable bonds is 4. The fraction of sp³-hybridized carbons (Fsp3) is 0.923. The van der Waals surface area contributed by atoms with Gasteiger partial charge in [0.1, 0.15) is 0 Å². The summed E-state index contributed by atoms with van der Waals surface area (Å²) in [6.07, 6.45) is 2.80. The van der Waals surface area contributed by atoms with E-state index in [4.69, 9.17) is 5.73 Å². The van der Waals surface area contributed by atoms with Crippen LogP contribution in [-0.4, -0.2) is 30.4 Å². The smallest absolute Gasteiger partial charge is 0.222 e. The number of nitrogens with zero attached hydrogens (tertiary/aromatic N) is 1. The summed E-state index contributed by atoms with van der Waals surface area (Å²) < 4.78 is 0. The van der Waals surface area contributed by atoms with E-state index in [1.54, 1.807) is 0 Å². The third-order valence-corrected chi connectivity index (χ3v) is 3.71. The van der Waals surface area contributed by atoms with E-state index in [1.807, 2.05) is 4.90 Å². The molecule has 0 spiro atoms. The molecule has 0 bridgehead atoms. The molecule has 0 aromatic carbocycles. The van der Waals surface area contributed by atoms with E-state index < -0.39 is 0 Å². The van der Waals surface area contributed by atoms with E-state index in [9.17, 15) is 4.79 Å². The minimum atomic E-state index is 0.319. The summed E-state index contributed by atoms with van der Waals surface area (Å²) in [6, 6.07) is 0. The van der Waals surface area contributed by atoms with Gasteiger partial charge >= 0.3 is 0 Å². The highest BCUT2D eigenvalue weighted by Crippen LogP contribution is 2.23. The van der Waals surface area contributed by atoms with Crippen LogP contribution in [0.25, 0.3) is 0 Å². The van der Waals surface area contributed by atoms with Gasteiger partial charge in [-0.2, -0.15) is 0 Å². The number of likely N-dealkylation sites (tertiary alicyclic amines) is 1. The number of nitrogens with two attached hydrogens (primary N) is 1. The highest BCUT2D eigenvalue weighted by Gasteiger charge is 2.27. The fourth-order valence-electron chi connectivity index (χ4n) is 2.25. The Morgan fingerprint density at radius 3 is 2.75 bits per heavy atom. The Hall–Kier alpha value is -0.570. The van der Waals surface area contributed by atoms with Crippen LogP contribution >= 0.6 is 0 Å². The van der Waals surface area contributed by atoms with Crippen LogP contribution in [0.15, 0.2) is 0 Å². The summed E-state index contributed by atoms with van der Waals surface area (Å²) in [5, 5.41) is 0. The average molecular weight is 226 g/mol. The lowest BCUT2D eigenvalue weighted by atomic mass is 9.87. The van der Waals surface area contributed by atoms with Crippen LogP contribution in [0, 0.1) is 17.8 Å². The van der Waals surface area contributed by atoms with E-state index in [-0.39, 0.29) is 0 Å². The van der Waals surface area contributed by atoms with Crippen molar-refractivity contribution in [2.45, 2.75) is 40.0 Å². The van der Waals surface area contributed by atoms with Crippen LogP contribution in [-0.2, 0) is 4.79 Å². The van der Waals surface area contributed by atoms with Crippen molar-refractivity contribution in [3.8, 4) is 0 Å². The molecule has 1 heterocycles. The van der Waals surface area contributed by atoms with Crippen LogP contribution in [0.4, 0.5) is 0 Å². The number of piperidine rings is 1. The number of hydrogen-bond donors (Lipinski definition) is 1. The van der Waals surface area contributed by atoms with Crippen molar-refractivity contribution in [2.24, 2.45) is 23.5 Å². The maximum atomic E-state index is 12.0. The molecule has 1 fully saturated rings. The minimum absolute atomic E-state index is 0.319. The Bertz CT molecular complexity index is 228. The molecule has 0 aliphatic carbocycles. The minimum Gasteiger partial charge on any atom is -0.342 e. The summed E-state index contributed by atoms with van der Waals surface area (Å²) in [4.78, 5) is 14.0. The van der Waals surface area contributed by atoms with Gasteiger partial charge in [-0.25, -0.2) is 0 Å². The first-order chi connectivity index (χ1) is 7.54. The van der Waals surface area contributed by atoms with Crippen LogP contribution in [0.1, 0.15) is 40.0 Å². The molecule has 0 saturated carbocycles. The fourth-order valence-corrected chi connectivity index (χ4v) is 2.25. The summed E-state index contributed by atoms with van der Waals surface area (Å²) in [5.41, 5.74) is 5.74. The Labute approximate surface area is 99.4 Å². The topological polar surface area (TPSA) is 46.3 Å². The molecule has 2 unspecified atom stereocenters. The molecule has 2 N–H and O–H groups in total. The molecule has 3 nitrogen and oxygen atoms in total. The number of amides is 1. The lowest BCUT2D eigenvalue weighted by molar-refractivity contribution is -0.133. The first-order valence-corrected chi connectivity index (χ1v) is 6.52. The Morgan fingerprint density at radius 2 is 2.19 bits per heavy atom. The van der Waals surface area contributed by atoms with Crippen LogP contribution in [0.3, 0.4) is 0 Å². The molecule has 1 aliphatic rings. The zero-order chi connectivity index (χ0) is 12.1. The van der Waals surface area contributed by atoms with Crippen molar-refractivity contribution in [3.63, 3.8) is 0 Å². The van der Waals surface area contributed by atoms with Crippen LogP contribution < -0.4 is 5.73 Å². The standard InChI is InChI=1S/C13H26N2O/c1-10(2)4-5-13(16)15-7-6-11(3)12(8-14)9-15/h10-12H,4-9,14H2,1-3H3. The van der Waals surface area contributed by atoms with Gasteiger partial charge in [0.05, 0.1) is 0 Å². The van der Waals surface area contributed by atoms with Crippen molar-refractivity contribution >= 4 is 5.91 Å². The SMILES string of the molecule is CC(C)CCC(=O)N1CCC(C)C(CN)C1. The third-order valence-electron chi connectivity index (χ3n) is 3.71. The molecule has 1 amide bonds. The van der Waals surface area contributed by atoms with E-state index in [0.717, 1.165) is 25.9 Å². The zero-order valence-corrected chi connectivity index (χ0v) is 10.9. The highest BCUT2D eigenvalue weighted by molar-refractivity contribution is 5.76. The zero-order valence-electron chi connectivity index (χ0n) is 10.9. The normalized spacial score (nSPS) is 26.2. The second-order valence-electron chi connectivity index (χ2n) is 5.53. The summed E-state index contributed by atoms with van der Waals surface area (Å²) in [7, 11) is 0. The van der Waals surface area contributed by atoms with Gasteiger partial charge in [0.2, 0.25) is 5.91 Å². The molecule has 1 saturated heterocycles. The molecule has 0 aromatic rings. The van der Waals surface area contributed by atoms with Gasteiger partial charge in [-0.3, -0.25) is 4.79 Å². The number of carbonyl (C=O) groups excluding carboxylic acids is 1. The average Bonchev–Trinajstić information content (AvgIpc) is 2.26. The maximum Gasteiger partial charge on any atom is 0.222 e. The highest BCUT2D eigenvalue weighted by atomic mass is 16.2. The quantitative estimate of drug-likeness (QED) is 0.795. The predicted molar refractivity (Wildman–Crippen MR) is 67.0 cm³/mol. The summed E-state index contributed by atoms with van der Waals surface area (Å²) in [5.74, 6) is 2.09. The number of carbonyl (C=O) groups is 1. The largest absolute Gasteiger partial charge is 0.342 e. The molecule has 16 heavy (non-hydrogen) atoms. The molecule has 2 atom stereocenters. The van der Waals surface area contributed by atoms with E-state index in [0.29, 0.717) is 36.6 Å². The van der Waals surface area contributed by atoms with E-state index in [2.05, 4.69) is 20.8 Å². The molecular formula is C13H26N2O. The van der Waals surface area contributed by atoms with Crippen LogP contribution in [0.2, 0.25) is 0 Å². The molecule has 1 rings (SSSR count). The summed E-state index contributed by atoms with van der Waals surface area (Å²) in [6.45, 7) is 9.06. The number of hydrogen-bond acceptors (Lipinski definition) is 2. The molecule has 3 heteroatoms. The molecule has 0 aromatic heterocycles. The van der Waals surface area contributed by atoms with Crippen molar-refractivity contribution < 1.29 is 4.79 Å². The second-order valence-corrected chi connectivity index (χ2v) is 5.53. The van der Waals surface area contributed by atoms with Gasteiger partial charge in [0.15, 0.2) is 0 Å². The molecule has 0 radical (unpaired) electrons. The summed E-state index contributed by atoms with van der Waals surface area (Å²) >= 11 is 0. The van der Waals surface area contributed by atoms with Crippen molar-refractivity contribution in [1.82, 2.24) is 4.90 Å². The first kappa shape index (κ1) is 13.5.